The molecule has 0 spiro atoms. The van der Waals surface area contributed by atoms with Crippen LogP contribution in [-0.4, -0.2) is 34.9 Å². The first-order chi connectivity index (χ1) is 13.4. The third-order valence-corrected chi connectivity index (χ3v) is 6.23. The summed E-state index contributed by atoms with van der Waals surface area (Å²) in [6.07, 6.45) is 5.39. The van der Waals surface area contributed by atoms with Crippen LogP contribution in [-0.2, 0) is 16.4 Å². The van der Waals surface area contributed by atoms with E-state index in [9.17, 15) is 13.2 Å². The minimum atomic E-state index is -3.47. The molecule has 3 N–H and O–H groups in total. The highest BCUT2D eigenvalue weighted by Crippen LogP contribution is 2.22. The van der Waals surface area contributed by atoms with Crippen molar-refractivity contribution in [1.29, 1.82) is 5.41 Å². The smallest absolute Gasteiger partial charge is 0.260 e. The van der Waals surface area contributed by atoms with Gasteiger partial charge in [-0.25, -0.2) is 18.4 Å². The van der Waals surface area contributed by atoms with Gasteiger partial charge < -0.3 is 11.1 Å². The zero-order chi connectivity index (χ0) is 20.3. The normalized spacial score (nSPS) is 11.3. The molecule has 3 rings (SSSR count). The van der Waals surface area contributed by atoms with Gasteiger partial charge in [-0.2, -0.15) is 0 Å². The van der Waals surface area contributed by atoms with E-state index in [1.165, 1.54) is 35.4 Å². The van der Waals surface area contributed by atoms with Crippen molar-refractivity contribution in [1.82, 2.24) is 14.5 Å². The molecule has 0 amide bonds. The van der Waals surface area contributed by atoms with Crippen LogP contribution >= 0.6 is 0 Å². The maximum absolute atomic E-state index is 13.1. The van der Waals surface area contributed by atoms with Gasteiger partial charge in [-0.15, -0.1) is 0 Å². The number of nitrogens with two attached hydrogens (primary N) is 1. The van der Waals surface area contributed by atoms with E-state index in [1.807, 2.05) is 0 Å². The van der Waals surface area contributed by atoms with Crippen LogP contribution in [0.2, 0.25) is 0 Å². The molecule has 3 aromatic rings. The number of hydrogen-bond donors (Lipinski definition) is 2. The van der Waals surface area contributed by atoms with Crippen molar-refractivity contribution in [2.24, 2.45) is 0 Å². The number of nitrogens with one attached hydrogen (secondary N) is 1. The van der Waals surface area contributed by atoms with E-state index in [0.29, 0.717) is 16.7 Å². The highest BCUT2D eigenvalue weighted by molar-refractivity contribution is 7.91. The van der Waals surface area contributed by atoms with Crippen molar-refractivity contribution in [3.63, 3.8) is 0 Å². The monoisotopic (exact) mass is 397 g/mol. The van der Waals surface area contributed by atoms with Crippen LogP contribution in [0.15, 0.2) is 58.7 Å². The fourth-order valence-electron chi connectivity index (χ4n) is 2.88. The number of anilines is 1. The molecular weight excluding hydrogens is 378 g/mol. The number of aromatic nitrogens is 3. The topological polar surface area (TPSA) is 132 Å². The average molecular weight is 397 g/mol. The van der Waals surface area contributed by atoms with Crippen molar-refractivity contribution < 1.29 is 8.42 Å². The Bertz CT molecular complexity index is 1190. The van der Waals surface area contributed by atoms with Crippen LogP contribution in [0.4, 0.5) is 5.82 Å². The summed E-state index contributed by atoms with van der Waals surface area (Å²) in [5.41, 5.74) is 7.26. The second-order valence-electron chi connectivity index (χ2n) is 6.07. The first kappa shape index (κ1) is 19.4. The molecule has 8 nitrogen and oxygen atoms in total. The number of sulfone groups is 1. The molecule has 2 heterocycles. The quantitative estimate of drug-likeness (QED) is 0.609. The van der Waals surface area contributed by atoms with Gasteiger partial charge in [-0.1, -0.05) is 25.1 Å². The zero-order valence-corrected chi connectivity index (χ0v) is 16.0. The summed E-state index contributed by atoms with van der Waals surface area (Å²) in [5, 5.41) is 7.61. The lowest BCUT2D eigenvalue weighted by Crippen LogP contribution is -2.27. The molecule has 0 aliphatic carbocycles. The molecule has 0 radical (unpaired) electrons. The largest absolute Gasteiger partial charge is 0.384 e. The minimum absolute atomic E-state index is 0.0392. The third kappa shape index (κ3) is 3.56. The Balaban J connectivity index is 2.22. The lowest BCUT2D eigenvalue weighted by Gasteiger charge is -2.16. The Kier molecular flexibility index (Phi) is 5.36. The molecule has 0 bridgehead atoms. The average Bonchev–Trinajstić information content (AvgIpc) is 2.72. The molecule has 28 heavy (non-hydrogen) atoms. The number of hydrogen-bond acceptors (Lipinski definition) is 7. The summed E-state index contributed by atoms with van der Waals surface area (Å²) in [6.45, 7) is 1.53. The Morgan fingerprint density at radius 3 is 2.54 bits per heavy atom. The van der Waals surface area contributed by atoms with Crippen molar-refractivity contribution in [2.75, 3.05) is 11.5 Å². The Morgan fingerprint density at radius 2 is 1.89 bits per heavy atom. The predicted molar refractivity (Wildman–Crippen MR) is 107 cm³/mol. The number of pyridine rings is 1. The van der Waals surface area contributed by atoms with E-state index >= 15 is 0 Å². The third-order valence-electron chi connectivity index (χ3n) is 4.41. The molecule has 1 aromatic carbocycles. The van der Waals surface area contributed by atoms with Crippen LogP contribution in [0, 0.1) is 5.41 Å². The lowest BCUT2D eigenvalue weighted by molar-refractivity contribution is 0.595. The molecule has 0 atom stereocenters. The lowest BCUT2D eigenvalue weighted by atomic mass is 10.1. The van der Waals surface area contributed by atoms with Gasteiger partial charge in [0.05, 0.1) is 22.8 Å². The molecule has 0 saturated heterocycles. The fourth-order valence-corrected chi connectivity index (χ4v) is 4.01. The van der Waals surface area contributed by atoms with E-state index in [2.05, 4.69) is 9.97 Å². The first-order valence-electron chi connectivity index (χ1n) is 8.49. The van der Waals surface area contributed by atoms with Gasteiger partial charge in [-0.05, 0) is 17.7 Å². The highest BCUT2D eigenvalue weighted by Gasteiger charge is 2.19. The number of nitrogen functional groups attached to an aromatic ring is 1. The van der Waals surface area contributed by atoms with Gasteiger partial charge in [0, 0.05) is 29.7 Å². The predicted octanol–water partition coefficient (Wildman–Crippen LogP) is 1.73. The van der Waals surface area contributed by atoms with E-state index in [-0.39, 0.29) is 28.6 Å². The molecule has 0 saturated carbocycles. The summed E-state index contributed by atoms with van der Waals surface area (Å²) >= 11 is 0. The van der Waals surface area contributed by atoms with Crippen molar-refractivity contribution >= 4 is 21.9 Å². The molecule has 144 valence electrons. The van der Waals surface area contributed by atoms with Crippen LogP contribution < -0.4 is 11.3 Å². The van der Waals surface area contributed by atoms with E-state index in [1.54, 1.807) is 25.1 Å². The number of rotatable bonds is 6. The summed E-state index contributed by atoms with van der Waals surface area (Å²) in [5.74, 6) is 0.0333. The molecule has 0 fully saturated rings. The second kappa shape index (κ2) is 7.73. The molecule has 0 unspecified atom stereocenters. The molecule has 2 aromatic heterocycles. The fraction of sp³-hybridized carbons (Fsp3) is 0.158. The highest BCUT2D eigenvalue weighted by atomic mass is 32.2. The maximum atomic E-state index is 13.1. The SMILES string of the molecule is CCS(=O)(=O)c1ccccc1Cn1c(N)c(C=N)cc(-c2cncnc2)c1=O. The Labute approximate surface area is 162 Å². The second-order valence-corrected chi connectivity index (χ2v) is 8.32. The summed E-state index contributed by atoms with van der Waals surface area (Å²) in [6, 6.07) is 8.02. The number of benzene rings is 1. The van der Waals surface area contributed by atoms with Gasteiger partial charge in [0.15, 0.2) is 9.84 Å². The van der Waals surface area contributed by atoms with Gasteiger partial charge in [0.25, 0.3) is 5.56 Å². The summed E-state index contributed by atoms with van der Waals surface area (Å²) in [7, 11) is -3.47. The number of nitrogens with zero attached hydrogens (tertiary/aromatic N) is 3. The molecule has 0 aliphatic rings. The van der Waals surface area contributed by atoms with Gasteiger partial charge in [0.1, 0.15) is 12.1 Å². The standard InChI is InChI=1S/C19H19N5O3S/c1-2-28(26,27)17-6-4-3-5-13(17)11-24-18(21)14(8-20)7-16(19(24)25)15-9-22-12-23-10-15/h3-10,12,20H,2,11,21H2,1H3. The van der Waals surface area contributed by atoms with Gasteiger partial charge >= 0.3 is 0 Å². The maximum Gasteiger partial charge on any atom is 0.260 e. The molecule has 0 aliphatic heterocycles. The van der Waals surface area contributed by atoms with Crippen LogP contribution in [0.3, 0.4) is 0 Å². The van der Waals surface area contributed by atoms with Crippen LogP contribution in [0.1, 0.15) is 18.1 Å². The van der Waals surface area contributed by atoms with Crippen molar-refractivity contribution in [2.45, 2.75) is 18.4 Å². The van der Waals surface area contributed by atoms with Gasteiger partial charge in [-0.3, -0.25) is 9.36 Å². The van der Waals surface area contributed by atoms with E-state index in [0.717, 1.165) is 6.21 Å². The van der Waals surface area contributed by atoms with Crippen molar-refractivity contribution in [3.05, 3.63) is 70.5 Å². The van der Waals surface area contributed by atoms with E-state index in [4.69, 9.17) is 11.1 Å². The summed E-state index contributed by atoms with van der Waals surface area (Å²) < 4.78 is 26.1. The van der Waals surface area contributed by atoms with Crippen LogP contribution in [0.25, 0.3) is 11.1 Å². The Hall–Kier alpha value is -3.33. The first-order valence-corrected chi connectivity index (χ1v) is 10.1. The molecule has 9 heteroatoms. The van der Waals surface area contributed by atoms with Gasteiger partial charge in [0.2, 0.25) is 0 Å². The van der Waals surface area contributed by atoms with E-state index < -0.39 is 15.4 Å². The molecular formula is C19H19N5O3S. The minimum Gasteiger partial charge on any atom is -0.384 e. The Morgan fingerprint density at radius 1 is 1.21 bits per heavy atom. The van der Waals surface area contributed by atoms with Crippen LogP contribution in [0.5, 0.6) is 0 Å². The summed E-state index contributed by atoms with van der Waals surface area (Å²) in [4.78, 5) is 21.1. The van der Waals surface area contributed by atoms with Crippen molar-refractivity contribution in [3.8, 4) is 11.1 Å². The zero-order valence-electron chi connectivity index (χ0n) is 15.2.